The molecule has 0 atom stereocenters. The molecule has 0 bridgehead atoms. The Labute approximate surface area is 74.1 Å². The number of carbonyl (C=O) groups is 1. The van der Waals surface area contributed by atoms with Crippen molar-refractivity contribution in [3.63, 3.8) is 0 Å². The Hall–Kier alpha value is -0.410. The average molecular weight is 170 g/mol. The Bertz CT molecular complexity index is 132. The third-order valence-electron chi connectivity index (χ3n) is 2.54. The molecule has 1 N–H and O–H groups in total. The van der Waals surface area contributed by atoms with Gasteiger partial charge in [0.1, 0.15) is 6.29 Å². The number of nitrogens with zero attached hydrogens (tertiary/aromatic N) is 1. The number of carbonyl (C=O) groups excluding carboxylic acids is 1. The van der Waals surface area contributed by atoms with Crippen LogP contribution in [0.1, 0.15) is 19.8 Å². The van der Waals surface area contributed by atoms with Crippen LogP contribution in [-0.2, 0) is 4.79 Å². The van der Waals surface area contributed by atoms with E-state index in [4.69, 9.17) is 0 Å². The van der Waals surface area contributed by atoms with E-state index < -0.39 is 0 Å². The topological polar surface area (TPSA) is 32.3 Å². The van der Waals surface area contributed by atoms with Gasteiger partial charge in [0.05, 0.1) is 6.54 Å². The van der Waals surface area contributed by atoms with Gasteiger partial charge >= 0.3 is 0 Å². The minimum atomic E-state index is 0.598. The van der Waals surface area contributed by atoms with Gasteiger partial charge in [0.15, 0.2) is 0 Å². The van der Waals surface area contributed by atoms with Crippen LogP contribution >= 0.6 is 0 Å². The largest absolute Gasteiger partial charge is 0.317 e. The van der Waals surface area contributed by atoms with E-state index in [1.807, 2.05) is 0 Å². The van der Waals surface area contributed by atoms with Crippen molar-refractivity contribution in [2.24, 2.45) is 0 Å². The standard InChI is InChI=1S/C9H18N2O/c1-2-11(7-8-12)9-3-5-10-6-4-9/h8-10H,2-7H2,1H3. The predicted molar refractivity (Wildman–Crippen MR) is 49.2 cm³/mol. The van der Waals surface area contributed by atoms with Crippen LogP contribution < -0.4 is 5.32 Å². The lowest BCUT2D eigenvalue weighted by Crippen LogP contribution is -2.43. The molecule has 1 fully saturated rings. The molecular formula is C9H18N2O. The Morgan fingerprint density at radius 3 is 2.67 bits per heavy atom. The fraction of sp³-hybridized carbons (Fsp3) is 0.889. The molecule has 0 aromatic rings. The highest BCUT2D eigenvalue weighted by Gasteiger charge is 2.18. The van der Waals surface area contributed by atoms with Gasteiger partial charge < -0.3 is 10.1 Å². The number of piperidine rings is 1. The van der Waals surface area contributed by atoms with Crippen molar-refractivity contribution >= 4 is 6.29 Å². The van der Waals surface area contributed by atoms with Crippen LogP contribution in [0.5, 0.6) is 0 Å². The van der Waals surface area contributed by atoms with E-state index in [2.05, 4.69) is 17.1 Å². The molecule has 1 saturated heterocycles. The van der Waals surface area contributed by atoms with E-state index >= 15 is 0 Å². The molecule has 3 heteroatoms. The first kappa shape index (κ1) is 9.68. The van der Waals surface area contributed by atoms with Crippen molar-refractivity contribution in [1.29, 1.82) is 0 Å². The maximum atomic E-state index is 10.4. The summed E-state index contributed by atoms with van der Waals surface area (Å²) < 4.78 is 0. The van der Waals surface area contributed by atoms with Crippen LogP contribution in [0.2, 0.25) is 0 Å². The summed E-state index contributed by atoms with van der Waals surface area (Å²) in [5, 5.41) is 3.32. The van der Waals surface area contributed by atoms with E-state index in [1.54, 1.807) is 0 Å². The Balaban J connectivity index is 2.34. The predicted octanol–water partition coefficient (Wildman–Crippen LogP) is 0.259. The highest BCUT2D eigenvalue weighted by atomic mass is 16.1. The van der Waals surface area contributed by atoms with Gasteiger partial charge in [-0.25, -0.2) is 0 Å². The first-order valence-corrected chi connectivity index (χ1v) is 4.77. The van der Waals surface area contributed by atoms with Crippen molar-refractivity contribution in [3.8, 4) is 0 Å². The van der Waals surface area contributed by atoms with Gasteiger partial charge in [-0.1, -0.05) is 6.92 Å². The van der Waals surface area contributed by atoms with E-state index in [-0.39, 0.29) is 0 Å². The molecule has 1 aliphatic heterocycles. The van der Waals surface area contributed by atoms with Gasteiger partial charge in [-0.3, -0.25) is 4.90 Å². The third kappa shape index (κ3) is 2.57. The number of likely N-dealkylation sites (N-methyl/N-ethyl adjacent to an activating group) is 1. The quantitative estimate of drug-likeness (QED) is 0.614. The second-order valence-electron chi connectivity index (χ2n) is 3.24. The third-order valence-corrected chi connectivity index (χ3v) is 2.54. The summed E-state index contributed by atoms with van der Waals surface area (Å²) >= 11 is 0. The number of rotatable bonds is 4. The Morgan fingerprint density at radius 2 is 2.17 bits per heavy atom. The van der Waals surface area contributed by atoms with Crippen LogP contribution in [0, 0.1) is 0 Å². The molecule has 3 nitrogen and oxygen atoms in total. The summed E-state index contributed by atoms with van der Waals surface area (Å²) in [6.45, 7) is 5.90. The maximum absolute atomic E-state index is 10.4. The zero-order valence-electron chi connectivity index (χ0n) is 7.75. The monoisotopic (exact) mass is 170 g/mol. The van der Waals surface area contributed by atoms with Gasteiger partial charge in [-0.05, 0) is 32.5 Å². The first-order chi connectivity index (χ1) is 5.88. The molecule has 0 radical (unpaired) electrons. The highest BCUT2D eigenvalue weighted by Crippen LogP contribution is 2.10. The molecule has 0 spiro atoms. The normalized spacial score (nSPS) is 19.8. The highest BCUT2D eigenvalue weighted by molar-refractivity contribution is 5.52. The zero-order chi connectivity index (χ0) is 8.81. The molecule has 0 saturated carbocycles. The number of hydrogen-bond donors (Lipinski definition) is 1. The minimum absolute atomic E-state index is 0.598. The van der Waals surface area contributed by atoms with Gasteiger partial charge in [0.2, 0.25) is 0 Å². The van der Waals surface area contributed by atoms with E-state index in [1.165, 1.54) is 12.8 Å². The summed E-state index contributed by atoms with van der Waals surface area (Å²) in [5.74, 6) is 0. The van der Waals surface area contributed by atoms with Crippen molar-refractivity contribution in [2.75, 3.05) is 26.2 Å². The van der Waals surface area contributed by atoms with Crippen LogP contribution in [-0.4, -0.2) is 43.4 Å². The summed E-state index contributed by atoms with van der Waals surface area (Å²) in [7, 11) is 0. The van der Waals surface area contributed by atoms with Crippen molar-refractivity contribution in [1.82, 2.24) is 10.2 Å². The smallest absolute Gasteiger partial charge is 0.133 e. The van der Waals surface area contributed by atoms with Gasteiger partial charge in [-0.2, -0.15) is 0 Å². The Kier molecular flexibility index (Phi) is 4.25. The molecule has 0 unspecified atom stereocenters. The fourth-order valence-corrected chi connectivity index (χ4v) is 1.80. The van der Waals surface area contributed by atoms with E-state index in [9.17, 15) is 4.79 Å². The zero-order valence-corrected chi connectivity index (χ0v) is 7.75. The summed E-state index contributed by atoms with van der Waals surface area (Å²) in [5.41, 5.74) is 0. The van der Waals surface area contributed by atoms with Crippen LogP contribution in [0.15, 0.2) is 0 Å². The lowest BCUT2D eigenvalue weighted by Gasteiger charge is -2.32. The molecule has 0 amide bonds. The molecule has 1 heterocycles. The molecule has 12 heavy (non-hydrogen) atoms. The van der Waals surface area contributed by atoms with Crippen molar-refractivity contribution in [3.05, 3.63) is 0 Å². The van der Waals surface area contributed by atoms with Gasteiger partial charge in [-0.15, -0.1) is 0 Å². The SMILES string of the molecule is CCN(CC=O)C1CCNCC1. The van der Waals surface area contributed by atoms with Gasteiger partial charge in [0, 0.05) is 6.04 Å². The van der Waals surface area contributed by atoms with Crippen LogP contribution in [0.4, 0.5) is 0 Å². The van der Waals surface area contributed by atoms with Crippen LogP contribution in [0.25, 0.3) is 0 Å². The van der Waals surface area contributed by atoms with E-state index in [0.717, 1.165) is 25.9 Å². The maximum Gasteiger partial charge on any atom is 0.133 e. The summed E-state index contributed by atoms with van der Waals surface area (Å²) in [4.78, 5) is 12.6. The average Bonchev–Trinajstić information content (AvgIpc) is 2.15. The Morgan fingerprint density at radius 1 is 1.50 bits per heavy atom. The summed E-state index contributed by atoms with van der Waals surface area (Å²) in [6, 6.07) is 0.626. The molecule has 0 aliphatic carbocycles. The fourth-order valence-electron chi connectivity index (χ4n) is 1.80. The minimum Gasteiger partial charge on any atom is -0.317 e. The molecule has 1 rings (SSSR count). The number of hydrogen-bond acceptors (Lipinski definition) is 3. The molecule has 70 valence electrons. The second kappa shape index (κ2) is 5.27. The molecule has 0 aromatic carbocycles. The number of aldehydes is 1. The summed E-state index contributed by atoms with van der Waals surface area (Å²) in [6.07, 6.45) is 3.37. The molecular weight excluding hydrogens is 152 g/mol. The lowest BCUT2D eigenvalue weighted by molar-refractivity contribution is -0.109. The number of nitrogens with one attached hydrogen (secondary N) is 1. The molecule has 1 aliphatic rings. The van der Waals surface area contributed by atoms with Crippen molar-refractivity contribution < 1.29 is 4.79 Å². The lowest BCUT2D eigenvalue weighted by atomic mass is 10.1. The van der Waals surface area contributed by atoms with E-state index in [0.29, 0.717) is 12.6 Å². The van der Waals surface area contributed by atoms with Crippen molar-refractivity contribution in [2.45, 2.75) is 25.8 Å². The second-order valence-corrected chi connectivity index (χ2v) is 3.24. The first-order valence-electron chi connectivity index (χ1n) is 4.77. The van der Waals surface area contributed by atoms with Gasteiger partial charge in [0.25, 0.3) is 0 Å². The molecule has 0 aromatic heterocycles. The van der Waals surface area contributed by atoms with Crippen LogP contribution in [0.3, 0.4) is 0 Å².